The first-order valence-electron chi connectivity index (χ1n) is 14.1. The highest BCUT2D eigenvalue weighted by Crippen LogP contribution is 2.46. The summed E-state index contributed by atoms with van der Waals surface area (Å²) in [6.45, 7) is 1.61. The number of hydrogen-bond donors (Lipinski definition) is 3. The van der Waals surface area contributed by atoms with Crippen molar-refractivity contribution in [2.75, 3.05) is 32.8 Å². The molecule has 1 aliphatic rings. The zero-order valence-corrected chi connectivity index (χ0v) is 24.3. The van der Waals surface area contributed by atoms with Crippen LogP contribution in [0.25, 0.3) is 11.1 Å². The molecule has 2 aromatic rings. The highest BCUT2D eigenvalue weighted by atomic mass is 16.5. The largest absolute Gasteiger partial charge is 0.505 e. The number of aromatic nitrogens is 1. The van der Waals surface area contributed by atoms with E-state index >= 15 is 0 Å². The molecule has 1 aromatic heterocycles. The highest BCUT2D eigenvalue weighted by molar-refractivity contribution is 5.96. The van der Waals surface area contributed by atoms with Gasteiger partial charge in [0.1, 0.15) is 24.1 Å². The van der Waals surface area contributed by atoms with E-state index in [0.717, 1.165) is 49.8 Å². The molecule has 0 radical (unpaired) electrons. The van der Waals surface area contributed by atoms with Crippen LogP contribution in [0.3, 0.4) is 0 Å². The summed E-state index contributed by atoms with van der Waals surface area (Å²) in [5.74, 6) is -0.842. The van der Waals surface area contributed by atoms with Crippen molar-refractivity contribution in [2.45, 2.75) is 70.8 Å². The van der Waals surface area contributed by atoms with Gasteiger partial charge in [-0.1, -0.05) is 51.5 Å². The van der Waals surface area contributed by atoms with Crippen LogP contribution in [0.5, 0.6) is 17.2 Å². The van der Waals surface area contributed by atoms with E-state index in [4.69, 9.17) is 9.47 Å². The fraction of sp³-hybridized carbons (Fsp3) is 0.533. The molecule has 3 rings (SSSR count). The molecule has 1 atom stereocenters. The van der Waals surface area contributed by atoms with Gasteiger partial charge < -0.3 is 29.6 Å². The van der Waals surface area contributed by atoms with Crippen molar-refractivity contribution in [1.82, 2.24) is 10.3 Å². The van der Waals surface area contributed by atoms with Gasteiger partial charge in [0, 0.05) is 5.69 Å². The SMILES string of the molecule is CCCCc1[nH]c(=O)c(N(C=O)[C@@H](CC2CCCCC2)C(=O)NCC(=O)OC)c(O)c1-c1c(OC)cccc1OC. The molecule has 0 unspecified atom stereocenters. The van der Waals surface area contributed by atoms with Gasteiger partial charge in [0.05, 0.1) is 32.5 Å². The Morgan fingerprint density at radius 3 is 2.34 bits per heavy atom. The van der Waals surface area contributed by atoms with Crippen LogP contribution in [0.15, 0.2) is 23.0 Å². The molecule has 224 valence electrons. The van der Waals surface area contributed by atoms with Crippen molar-refractivity contribution < 1.29 is 33.7 Å². The number of methoxy groups -OCH3 is 3. The van der Waals surface area contributed by atoms with Gasteiger partial charge in [0.15, 0.2) is 11.4 Å². The van der Waals surface area contributed by atoms with Crippen LogP contribution in [0, 0.1) is 5.92 Å². The van der Waals surface area contributed by atoms with Crippen molar-refractivity contribution in [2.24, 2.45) is 5.92 Å². The van der Waals surface area contributed by atoms with E-state index in [0.29, 0.717) is 35.6 Å². The molecule has 11 heteroatoms. The van der Waals surface area contributed by atoms with Crippen LogP contribution in [0.1, 0.15) is 64.0 Å². The molecule has 1 fully saturated rings. The average Bonchev–Trinajstić information content (AvgIpc) is 2.99. The molecule has 0 saturated heterocycles. The van der Waals surface area contributed by atoms with Gasteiger partial charge in [-0.3, -0.25) is 24.1 Å². The summed E-state index contributed by atoms with van der Waals surface area (Å²) in [4.78, 5) is 55.3. The van der Waals surface area contributed by atoms with Crippen LogP contribution in [-0.4, -0.2) is 62.3 Å². The van der Waals surface area contributed by atoms with Gasteiger partial charge in [-0.2, -0.15) is 0 Å². The standard InChI is InChI=1S/C30H41N3O8/c1-5-6-13-20-25(26-22(39-2)14-10-15-23(26)40-3)28(36)27(30(38)32-20)33(18-34)21(16-19-11-8-7-9-12-19)29(37)31-17-24(35)41-4/h10,14-15,18-19,21H,5-9,11-13,16-17H2,1-4H3,(H,31,37)(H2,32,36,38)/t21-/m0/s1. The number of carbonyl (C=O) groups is 3. The molecule has 1 aromatic carbocycles. The fourth-order valence-corrected chi connectivity index (χ4v) is 5.49. The Morgan fingerprint density at radius 2 is 1.78 bits per heavy atom. The molecule has 1 aliphatic carbocycles. The number of nitrogens with zero attached hydrogens (tertiary/aromatic N) is 1. The predicted molar refractivity (Wildman–Crippen MR) is 154 cm³/mol. The minimum absolute atomic E-state index is 0.124. The number of rotatable bonds is 14. The lowest BCUT2D eigenvalue weighted by Gasteiger charge is -2.32. The minimum Gasteiger partial charge on any atom is -0.505 e. The van der Waals surface area contributed by atoms with Gasteiger partial charge >= 0.3 is 5.97 Å². The molecule has 0 aliphatic heterocycles. The number of aryl methyl sites for hydroxylation is 1. The zero-order valence-electron chi connectivity index (χ0n) is 24.3. The first-order valence-corrected chi connectivity index (χ1v) is 14.1. The lowest BCUT2D eigenvalue weighted by molar-refractivity contribution is -0.141. The molecule has 1 heterocycles. The molecule has 0 spiro atoms. The van der Waals surface area contributed by atoms with E-state index in [1.807, 2.05) is 6.92 Å². The summed E-state index contributed by atoms with van der Waals surface area (Å²) < 4.78 is 15.8. The summed E-state index contributed by atoms with van der Waals surface area (Å²) in [7, 11) is 4.17. The number of amides is 2. The first-order chi connectivity index (χ1) is 19.8. The Hall–Kier alpha value is -4.02. The normalized spacial score (nSPS) is 14.1. The lowest BCUT2D eigenvalue weighted by Crippen LogP contribution is -2.50. The maximum atomic E-state index is 13.6. The Kier molecular flexibility index (Phi) is 11.6. The van der Waals surface area contributed by atoms with Crippen molar-refractivity contribution >= 4 is 24.0 Å². The fourth-order valence-electron chi connectivity index (χ4n) is 5.49. The highest BCUT2D eigenvalue weighted by Gasteiger charge is 2.35. The summed E-state index contributed by atoms with van der Waals surface area (Å²) in [6, 6.07) is 3.99. The van der Waals surface area contributed by atoms with Crippen LogP contribution >= 0.6 is 0 Å². The summed E-state index contributed by atoms with van der Waals surface area (Å²) in [6.07, 6.45) is 7.45. The molecule has 11 nitrogen and oxygen atoms in total. The van der Waals surface area contributed by atoms with E-state index < -0.39 is 35.8 Å². The number of carbonyl (C=O) groups excluding carboxylic acids is 3. The van der Waals surface area contributed by atoms with Crippen LogP contribution < -0.4 is 25.2 Å². The molecular formula is C30H41N3O8. The average molecular weight is 572 g/mol. The van der Waals surface area contributed by atoms with E-state index in [9.17, 15) is 24.3 Å². The third-order valence-corrected chi connectivity index (χ3v) is 7.63. The third-order valence-electron chi connectivity index (χ3n) is 7.63. The monoisotopic (exact) mass is 571 g/mol. The molecular weight excluding hydrogens is 530 g/mol. The van der Waals surface area contributed by atoms with Crippen LogP contribution in [-0.2, 0) is 25.5 Å². The molecule has 1 saturated carbocycles. The third kappa shape index (κ3) is 7.39. The summed E-state index contributed by atoms with van der Waals surface area (Å²) in [5.41, 5.74) is 0.0275. The van der Waals surface area contributed by atoms with Gasteiger partial charge in [0.2, 0.25) is 12.3 Å². The minimum atomic E-state index is -1.15. The number of hydrogen-bond acceptors (Lipinski definition) is 8. The van der Waals surface area contributed by atoms with Crippen molar-refractivity contribution in [3.8, 4) is 28.4 Å². The number of aromatic amines is 1. The Balaban J connectivity index is 2.22. The molecule has 3 N–H and O–H groups in total. The Morgan fingerprint density at radius 1 is 1.12 bits per heavy atom. The number of anilines is 1. The van der Waals surface area contributed by atoms with Gasteiger partial charge in [-0.25, -0.2) is 0 Å². The molecule has 41 heavy (non-hydrogen) atoms. The van der Waals surface area contributed by atoms with E-state index in [1.165, 1.54) is 21.3 Å². The number of esters is 1. The Labute approximate surface area is 240 Å². The molecule has 2 amide bonds. The van der Waals surface area contributed by atoms with Gasteiger partial charge in [-0.05, 0) is 37.3 Å². The maximum absolute atomic E-state index is 13.6. The first kappa shape index (κ1) is 31.5. The van der Waals surface area contributed by atoms with E-state index in [-0.39, 0.29) is 23.6 Å². The Bertz CT molecular complexity index is 1250. The number of H-pyrrole nitrogens is 1. The van der Waals surface area contributed by atoms with Crippen molar-refractivity contribution in [3.63, 3.8) is 0 Å². The van der Waals surface area contributed by atoms with Crippen LogP contribution in [0.2, 0.25) is 0 Å². The summed E-state index contributed by atoms with van der Waals surface area (Å²) >= 11 is 0. The van der Waals surface area contributed by atoms with E-state index in [2.05, 4.69) is 15.0 Å². The number of pyridine rings is 1. The van der Waals surface area contributed by atoms with Gasteiger partial charge in [0.25, 0.3) is 5.56 Å². The van der Waals surface area contributed by atoms with Crippen molar-refractivity contribution in [3.05, 3.63) is 34.2 Å². The maximum Gasteiger partial charge on any atom is 0.325 e. The topological polar surface area (TPSA) is 147 Å². The summed E-state index contributed by atoms with van der Waals surface area (Å²) in [5, 5.41) is 14.3. The number of aromatic hydroxyl groups is 1. The molecule has 0 bridgehead atoms. The number of benzene rings is 1. The van der Waals surface area contributed by atoms with Crippen molar-refractivity contribution in [1.29, 1.82) is 0 Å². The van der Waals surface area contributed by atoms with E-state index in [1.54, 1.807) is 18.2 Å². The second kappa shape index (κ2) is 15.1. The second-order valence-electron chi connectivity index (χ2n) is 10.2. The van der Waals surface area contributed by atoms with Gasteiger partial charge in [-0.15, -0.1) is 0 Å². The number of nitrogens with one attached hydrogen (secondary N) is 2. The van der Waals surface area contributed by atoms with Crippen LogP contribution in [0.4, 0.5) is 5.69 Å². The smallest absolute Gasteiger partial charge is 0.325 e. The lowest BCUT2D eigenvalue weighted by atomic mass is 9.84. The second-order valence-corrected chi connectivity index (χ2v) is 10.2. The number of ether oxygens (including phenoxy) is 3. The number of unbranched alkanes of at least 4 members (excludes halogenated alkanes) is 1. The zero-order chi connectivity index (χ0) is 29.9. The predicted octanol–water partition coefficient (Wildman–Crippen LogP) is 3.70. The quantitative estimate of drug-likeness (QED) is 0.230.